The third-order valence-electron chi connectivity index (χ3n) is 5.39. The molecular formula is C19H29NO4. The van der Waals surface area contributed by atoms with E-state index in [0.717, 1.165) is 25.7 Å². The SMILES string of the molecule is CC1(C)OC(=O)C(=CN(C2CCCCC2)C2CCCCC2)C(=O)O1. The predicted molar refractivity (Wildman–Crippen MR) is 89.9 cm³/mol. The molecule has 0 aromatic rings. The molecule has 0 N–H and O–H groups in total. The van der Waals surface area contributed by atoms with Crippen LogP contribution in [0, 0.1) is 0 Å². The number of rotatable bonds is 3. The summed E-state index contributed by atoms with van der Waals surface area (Å²) in [4.78, 5) is 26.9. The van der Waals surface area contributed by atoms with Crippen molar-refractivity contribution < 1.29 is 19.1 Å². The van der Waals surface area contributed by atoms with Crippen molar-refractivity contribution in [2.45, 2.75) is 95.9 Å². The van der Waals surface area contributed by atoms with E-state index in [9.17, 15) is 9.59 Å². The number of carbonyl (C=O) groups is 2. The summed E-state index contributed by atoms with van der Waals surface area (Å²) in [5, 5.41) is 0. The van der Waals surface area contributed by atoms with E-state index < -0.39 is 17.7 Å². The summed E-state index contributed by atoms with van der Waals surface area (Å²) in [7, 11) is 0. The summed E-state index contributed by atoms with van der Waals surface area (Å²) in [5.74, 6) is -2.30. The lowest BCUT2D eigenvalue weighted by molar-refractivity contribution is -0.222. The minimum atomic E-state index is -1.17. The Bertz CT molecular complexity index is 473. The van der Waals surface area contributed by atoms with E-state index in [2.05, 4.69) is 4.90 Å². The smallest absolute Gasteiger partial charge is 0.350 e. The zero-order valence-electron chi connectivity index (χ0n) is 14.9. The van der Waals surface area contributed by atoms with Gasteiger partial charge in [-0.25, -0.2) is 9.59 Å². The highest BCUT2D eigenvalue weighted by Crippen LogP contribution is 2.32. The molecule has 0 aromatic carbocycles. The van der Waals surface area contributed by atoms with Gasteiger partial charge in [0.25, 0.3) is 5.79 Å². The normalized spacial score (nSPS) is 25.8. The summed E-state index contributed by atoms with van der Waals surface area (Å²) in [6.07, 6.45) is 13.7. The molecule has 3 aliphatic rings. The molecule has 0 bridgehead atoms. The molecule has 1 heterocycles. The summed E-state index contributed by atoms with van der Waals surface area (Å²) >= 11 is 0. The van der Waals surface area contributed by atoms with Gasteiger partial charge in [0.1, 0.15) is 0 Å². The minimum Gasteiger partial charge on any atom is -0.419 e. The topological polar surface area (TPSA) is 55.8 Å². The van der Waals surface area contributed by atoms with Gasteiger partial charge < -0.3 is 14.4 Å². The number of cyclic esters (lactones) is 2. The molecule has 0 aromatic heterocycles. The molecule has 0 amide bonds. The molecule has 134 valence electrons. The molecule has 2 aliphatic carbocycles. The lowest BCUT2D eigenvalue weighted by Crippen LogP contribution is -2.45. The van der Waals surface area contributed by atoms with Gasteiger partial charge in [0.15, 0.2) is 5.57 Å². The van der Waals surface area contributed by atoms with Crippen LogP contribution in [-0.2, 0) is 19.1 Å². The monoisotopic (exact) mass is 335 g/mol. The van der Waals surface area contributed by atoms with Crippen molar-refractivity contribution in [1.29, 1.82) is 0 Å². The van der Waals surface area contributed by atoms with Gasteiger partial charge in [-0.15, -0.1) is 0 Å². The highest BCUT2D eigenvalue weighted by molar-refractivity contribution is 6.15. The average molecular weight is 335 g/mol. The Labute approximate surface area is 144 Å². The molecule has 0 atom stereocenters. The maximum atomic E-state index is 12.3. The second-order valence-electron chi connectivity index (χ2n) is 7.75. The zero-order chi connectivity index (χ0) is 17.2. The predicted octanol–water partition coefficient (Wildman–Crippen LogP) is 3.67. The van der Waals surface area contributed by atoms with Crippen LogP contribution in [0.15, 0.2) is 11.8 Å². The summed E-state index contributed by atoms with van der Waals surface area (Å²) in [6.45, 7) is 3.17. The molecule has 3 rings (SSSR count). The highest BCUT2D eigenvalue weighted by Gasteiger charge is 2.40. The molecule has 5 heteroatoms. The van der Waals surface area contributed by atoms with Gasteiger partial charge in [-0.2, -0.15) is 0 Å². The van der Waals surface area contributed by atoms with Crippen molar-refractivity contribution in [3.8, 4) is 0 Å². The van der Waals surface area contributed by atoms with Gasteiger partial charge in [-0.05, 0) is 25.7 Å². The maximum absolute atomic E-state index is 12.3. The lowest BCUT2D eigenvalue weighted by Gasteiger charge is -2.42. The Morgan fingerprint density at radius 2 is 1.25 bits per heavy atom. The molecule has 3 fully saturated rings. The van der Waals surface area contributed by atoms with Crippen LogP contribution in [0.1, 0.15) is 78.1 Å². The van der Waals surface area contributed by atoms with Crippen LogP contribution in [0.2, 0.25) is 0 Å². The molecule has 0 spiro atoms. The van der Waals surface area contributed by atoms with Crippen molar-refractivity contribution in [3.63, 3.8) is 0 Å². The standard InChI is InChI=1S/C19H29NO4/c1-19(2)23-17(21)16(18(22)24-19)13-20(14-9-5-3-6-10-14)15-11-7-4-8-12-15/h13-15H,3-12H2,1-2H3. The van der Waals surface area contributed by atoms with Crippen molar-refractivity contribution in [1.82, 2.24) is 4.90 Å². The largest absolute Gasteiger partial charge is 0.419 e. The van der Waals surface area contributed by atoms with Crippen molar-refractivity contribution >= 4 is 11.9 Å². The Morgan fingerprint density at radius 1 is 0.833 bits per heavy atom. The Balaban J connectivity index is 1.84. The first-order valence-electron chi connectivity index (χ1n) is 9.42. The van der Waals surface area contributed by atoms with E-state index in [1.165, 1.54) is 38.5 Å². The third-order valence-corrected chi connectivity index (χ3v) is 5.39. The second kappa shape index (κ2) is 7.16. The summed E-state index contributed by atoms with van der Waals surface area (Å²) in [6, 6.07) is 0.842. The van der Waals surface area contributed by atoms with E-state index in [-0.39, 0.29) is 5.57 Å². The molecule has 24 heavy (non-hydrogen) atoms. The van der Waals surface area contributed by atoms with Gasteiger partial charge >= 0.3 is 11.9 Å². The van der Waals surface area contributed by atoms with Gasteiger partial charge in [0.2, 0.25) is 0 Å². The average Bonchev–Trinajstić information content (AvgIpc) is 2.55. The van der Waals surface area contributed by atoms with Crippen LogP contribution in [-0.4, -0.2) is 34.7 Å². The van der Waals surface area contributed by atoms with E-state index >= 15 is 0 Å². The van der Waals surface area contributed by atoms with E-state index in [1.54, 1.807) is 20.0 Å². The number of hydrogen-bond donors (Lipinski definition) is 0. The van der Waals surface area contributed by atoms with Gasteiger partial charge in [-0.1, -0.05) is 38.5 Å². The number of esters is 2. The van der Waals surface area contributed by atoms with Gasteiger partial charge in [0, 0.05) is 32.1 Å². The van der Waals surface area contributed by atoms with E-state index in [0.29, 0.717) is 12.1 Å². The van der Waals surface area contributed by atoms with Crippen molar-refractivity contribution in [2.24, 2.45) is 0 Å². The lowest BCUT2D eigenvalue weighted by atomic mass is 9.89. The molecule has 1 aliphatic heterocycles. The number of hydrogen-bond acceptors (Lipinski definition) is 5. The molecule has 2 saturated carbocycles. The Kier molecular flexibility index (Phi) is 5.16. The highest BCUT2D eigenvalue weighted by atomic mass is 16.7. The van der Waals surface area contributed by atoms with Crippen molar-refractivity contribution in [3.05, 3.63) is 11.8 Å². The van der Waals surface area contributed by atoms with Crippen LogP contribution in [0.25, 0.3) is 0 Å². The minimum absolute atomic E-state index is 0.0467. The fourth-order valence-electron chi connectivity index (χ4n) is 4.18. The van der Waals surface area contributed by atoms with Crippen LogP contribution >= 0.6 is 0 Å². The fraction of sp³-hybridized carbons (Fsp3) is 0.789. The fourth-order valence-corrected chi connectivity index (χ4v) is 4.18. The first kappa shape index (κ1) is 17.3. The quantitative estimate of drug-likeness (QED) is 0.447. The van der Waals surface area contributed by atoms with Gasteiger partial charge in [-0.3, -0.25) is 0 Å². The molecular weight excluding hydrogens is 306 g/mol. The van der Waals surface area contributed by atoms with Crippen LogP contribution in [0.5, 0.6) is 0 Å². The van der Waals surface area contributed by atoms with E-state index in [1.807, 2.05) is 0 Å². The first-order chi connectivity index (χ1) is 11.5. The Morgan fingerprint density at radius 3 is 1.67 bits per heavy atom. The van der Waals surface area contributed by atoms with Crippen molar-refractivity contribution in [2.75, 3.05) is 0 Å². The number of nitrogens with zero attached hydrogens (tertiary/aromatic N) is 1. The van der Waals surface area contributed by atoms with Crippen LogP contribution in [0.3, 0.4) is 0 Å². The van der Waals surface area contributed by atoms with Crippen LogP contribution in [0.4, 0.5) is 0 Å². The second-order valence-corrected chi connectivity index (χ2v) is 7.75. The summed E-state index contributed by atoms with van der Waals surface area (Å²) < 4.78 is 10.5. The van der Waals surface area contributed by atoms with Gasteiger partial charge in [0.05, 0.1) is 0 Å². The molecule has 0 radical (unpaired) electrons. The molecule has 5 nitrogen and oxygen atoms in total. The first-order valence-corrected chi connectivity index (χ1v) is 9.42. The van der Waals surface area contributed by atoms with Crippen LogP contribution < -0.4 is 0 Å². The molecule has 0 unspecified atom stereocenters. The number of carbonyl (C=O) groups excluding carboxylic acids is 2. The van der Waals surface area contributed by atoms with E-state index in [4.69, 9.17) is 9.47 Å². The number of ether oxygens (including phenoxy) is 2. The zero-order valence-corrected chi connectivity index (χ0v) is 14.9. The molecule has 1 saturated heterocycles. The summed E-state index contributed by atoms with van der Waals surface area (Å²) in [5.41, 5.74) is 0.0467. The maximum Gasteiger partial charge on any atom is 0.350 e. The third kappa shape index (κ3) is 3.93. The Hall–Kier alpha value is -1.52.